The number of piperazine rings is 1. The first kappa shape index (κ1) is 22.6. The van der Waals surface area contributed by atoms with Gasteiger partial charge in [0.2, 0.25) is 5.95 Å². The molecule has 1 aliphatic carbocycles. The van der Waals surface area contributed by atoms with Gasteiger partial charge in [0.15, 0.2) is 0 Å². The van der Waals surface area contributed by atoms with Crippen molar-refractivity contribution in [2.24, 2.45) is 7.05 Å². The third-order valence-electron chi connectivity index (χ3n) is 7.20. The number of hydrogen-bond acceptors (Lipinski definition) is 7. The Labute approximate surface area is 200 Å². The maximum atomic E-state index is 13.1. The van der Waals surface area contributed by atoms with Crippen LogP contribution in [0.3, 0.4) is 0 Å². The van der Waals surface area contributed by atoms with Gasteiger partial charge in [-0.15, -0.1) is 0 Å². The molecule has 9 nitrogen and oxygen atoms in total. The van der Waals surface area contributed by atoms with Gasteiger partial charge in [-0.2, -0.15) is 0 Å². The summed E-state index contributed by atoms with van der Waals surface area (Å²) in [5.41, 5.74) is 4.68. The van der Waals surface area contributed by atoms with E-state index in [4.69, 9.17) is 4.98 Å². The zero-order valence-electron chi connectivity index (χ0n) is 20.6. The van der Waals surface area contributed by atoms with Crippen LogP contribution in [0.4, 0.5) is 17.5 Å². The maximum Gasteiger partial charge on any atom is 0.270 e. The van der Waals surface area contributed by atoms with E-state index in [1.54, 1.807) is 19.0 Å². The molecule has 2 aliphatic rings. The minimum atomic E-state index is 0.0121. The van der Waals surface area contributed by atoms with Crippen LogP contribution >= 0.6 is 0 Å². The summed E-state index contributed by atoms with van der Waals surface area (Å²) in [6, 6.07) is 4.07. The first-order valence-electron chi connectivity index (χ1n) is 12.2. The topological polar surface area (TPSA) is 82.4 Å². The summed E-state index contributed by atoms with van der Waals surface area (Å²) in [6.07, 6.45) is 8.29. The van der Waals surface area contributed by atoms with Crippen LogP contribution in [-0.4, -0.2) is 82.5 Å². The molecular weight excluding hydrogens is 428 g/mol. The van der Waals surface area contributed by atoms with Gasteiger partial charge in [0.25, 0.3) is 5.91 Å². The Bertz CT molecular complexity index is 1170. The molecule has 1 N–H and O–H groups in total. The van der Waals surface area contributed by atoms with E-state index >= 15 is 0 Å². The van der Waals surface area contributed by atoms with E-state index in [2.05, 4.69) is 38.2 Å². The number of carbonyl (C=O) groups is 1. The zero-order chi connectivity index (χ0) is 23.8. The summed E-state index contributed by atoms with van der Waals surface area (Å²) in [5, 5.41) is 3.27. The molecule has 1 saturated heterocycles. The molecule has 180 valence electrons. The Morgan fingerprint density at radius 2 is 1.76 bits per heavy atom. The van der Waals surface area contributed by atoms with Crippen molar-refractivity contribution in [2.45, 2.75) is 31.6 Å². The summed E-state index contributed by atoms with van der Waals surface area (Å²) >= 11 is 0. The van der Waals surface area contributed by atoms with Crippen LogP contribution in [0, 0.1) is 0 Å². The van der Waals surface area contributed by atoms with Crippen molar-refractivity contribution in [2.75, 3.05) is 57.5 Å². The predicted octanol–water partition coefficient (Wildman–Crippen LogP) is 3.22. The highest BCUT2D eigenvalue weighted by atomic mass is 16.2. The highest BCUT2D eigenvalue weighted by Gasteiger charge is 2.30. The van der Waals surface area contributed by atoms with Gasteiger partial charge in [0, 0.05) is 52.9 Å². The van der Waals surface area contributed by atoms with Crippen molar-refractivity contribution in [3.05, 3.63) is 35.8 Å². The first-order chi connectivity index (χ1) is 16.4. The molecule has 1 amide bonds. The van der Waals surface area contributed by atoms with Crippen LogP contribution in [-0.2, 0) is 7.05 Å². The van der Waals surface area contributed by atoms with E-state index in [0.717, 1.165) is 67.0 Å². The molecule has 0 bridgehead atoms. The lowest BCUT2D eigenvalue weighted by molar-refractivity contribution is 0.0817. The molecule has 5 rings (SSSR count). The number of hydrogen-bond donors (Lipinski definition) is 1. The second-order valence-corrected chi connectivity index (χ2v) is 9.75. The monoisotopic (exact) mass is 462 g/mol. The molecule has 0 spiro atoms. The summed E-state index contributed by atoms with van der Waals surface area (Å²) in [5.74, 6) is 1.57. The number of carbonyl (C=O) groups excluding carboxylic acids is 1. The second kappa shape index (κ2) is 9.21. The molecule has 3 aromatic rings. The maximum absolute atomic E-state index is 13.1. The third kappa shape index (κ3) is 4.20. The number of nitrogens with zero attached hydrogens (tertiary/aromatic N) is 7. The SMILES string of the molecule is CN1CCN(c2ccc(Nc3ncc4c(n3)c(C3CCCC3)c(C(=O)N(C)C)n4C)nc2)CC1. The van der Waals surface area contributed by atoms with Crippen LogP contribution < -0.4 is 10.2 Å². The van der Waals surface area contributed by atoms with Crippen LogP contribution in [0.25, 0.3) is 11.0 Å². The second-order valence-electron chi connectivity index (χ2n) is 9.75. The minimum Gasteiger partial charge on any atom is -0.368 e. The number of pyridine rings is 1. The number of fused-ring (bicyclic) bond motifs is 1. The molecule has 2 fully saturated rings. The fraction of sp³-hybridized carbons (Fsp3) is 0.520. The lowest BCUT2D eigenvalue weighted by Gasteiger charge is -2.33. The predicted molar refractivity (Wildman–Crippen MR) is 135 cm³/mol. The highest BCUT2D eigenvalue weighted by Crippen LogP contribution is 2.40. The van der Waals surface area contributed by atoms with Gasteiger partial charge in [-0.1, -0.05) is 12.8 Å². The number of nitrogens with one attached hydrogen (secondary N) is 1. The van der Waals surface area contributed by atoms with Gasteiger partial charge in [0.05, 0.1) is 29.1 Å². The number of aryl methyl sites for hydroxylation is 1. The Balaban J connectivity index is 1.44. The molecule has 4 heterocycles. The summed E-state index contributed by atoms with van der Waals surface area (Å²) < 4.78 is 1.96. The summed E-state index contributed by atoms with van der Waals surface area (Å²) in [7, 11) is 7.69. The minimum absolute atomic E-state index is 0.0121. The van der Waals surface area contributed by atoms with Crippen LogP contribution in [0.1, 0.15) is 47.7 Å². The van der Waals surface area contributed by atoms with Crippen molar-refractivity contribution < 1.29 is 4.79 Å². The van der Waals surface area contributed by atoms with E-state index in [1.165, 1.54) is 12.8 Å². The van der Waals surface area contributed by atoms with Crippen molar-refractivity contribution in [3.63, 3.8) is 0 Å². The van der Waals surface area contributed by atoms with Crippen LogP contribution in [0.2, 0.25) is 0 Å². The Kier molecular flexibility index (Phi) is 6.12. The largest absolute Gasteiger partial charge is 0.368 e. The van der Waals surface area contributed by atoms with Crippen molar-refractivity contribution >= 4 is 34.4 Å². The number of rotatable bonds is 5. The fourth-order valence-corrected chi connectivity index (χ4v) is 5.19. The fourth-order valence-electron chi connectivity index (χ4n) is 5.19. The molecule has 0 aromatic carbocycles. The number of likely N-dealkylation sites (N-methyl/N-ethyl adjacent to an activating group) is 1. The zero-order valence-corrected chi connectivity index (χ0v) is 20.6. The van der Waals surface area contributed by atoms with E-state index in [9.17, 15) is 4.79 Å². The molecule has 0 unspecified atom stereocenters. The number of anilines is 3. The van der Waals surface area contributed by atoms with Gasteiger partial charge in [-0.05, 0) is 37.9 Å². The Morgan fingerprint density at radius 1 is 1.03 bits per heavy atom. The molecule has 34 heavy (non-hydrogen) atoms. The smallest absolute Gasteiger partial charge is 0.270 e. The van der Waals surface area contributed by atoms with Crippen molar-refractivity contribution in [1.82, 2.24) is 29.3 Å². The van der Waals surface area contributed by atoms with Crippen LogP contribution in [0.5, 0.6) is 0 Å². The molecule has 9 heteroatoms. The summed E-state index contributed by atoms with van der Waals surface area (Å²) in [4.78, 5) is 33.5. The Morgan fingerprint density at radius 3 is 2.41 bits per heavy atom. The van der Waals surface area contributed by atoms with Gasteiger partial charge in [-0.3, -0.25) is 4.79 Å². The van der Waals surface area contributed by atoms with Gasteiger partial charge >= 0.3 is 0 Å². The molecule has 0 radical (unpaired) electrons. The lowest BCUT2D eigenvalue weighted by atomic mass is 9.96. The first-order valence-corrected chi connectivity index (χ1v) is 12.2. The van der Waals surface area contributed by atoms with E-state index in [1.807, 2.05) is 30.1 Å². The van der Waals surface area contributed by atoms with Gasteiger partial charge in [0.1, 0.15) is 11.5 Å². The lowest BCUT2D eigenvalue weighted by Crippen LogP contribution is -2.44. The molecule has 1 aliphatic heterocycles. The third-order valence-corrected chi connectivity index (χ3v) is 7.20. The number of aromatic nitrogens is 4. The van der Waals surface area contributed by atoms with E-state index < -0.39 is 0 Å². The van der Waals surface area contributed by atoms with E-state index in [-0.39, 0.29) is 5.91 Å². The average molecular weight is 463 g/mol. The quantitative estimate of drug-likeness (QED) is 0.623. The van der Waals surface area contributed by atoms with E-state index in [0.29, 0.717) is 17.7 Å². The Hall–Kier alpha value is -3.20. The van der Waals surface area contributed by atoms with Gasteiger partial charge < -0.3 is 24.6 Å². The standard InChI is InChI=1S/C25H34N8O/c1-30(2)24(34)23-21(17-7-5-6-8-17)22-19(32(23)4)16-27-25(29-22)28-20-10-9-18(15-26-20)33-13-11-31(3)12-14-33/h9-10,15-17H,5-8,11-14H2,1-4H3,(H,26,27,28,29). The molecular formula is C25H34N8O. The molecule has 0 atom stereocenters. The van der Waals surface area contributed by atoms with Crippen molar-refractivity contribution in [1.29, 1.82) is 0 Å². The number of amides is 1. The molecule has 3 aromatic heterocycles. The van der Waals surface area contributed by atoms with Gasteiger partial charge in [-0.25, -0.2) is 15.0 Å². The molecule has 1 saturated carbocycles. The summed E-state index contributed by atoms with van der Waals surface area (Å²) in [6.45, 7) is 4.15. The van der Waals surface area contributed by atoms with Crippen LogP contribution in [0.15, 0.2) is 24.5 Å². The van der Waals surface area contributed by atoms with Crippen molar-refractivity contribution in [3.8, 4) is 0 Å². The highest BCUT2D eigenvalue weighted by molar-refractivity contribution is 6.01. The normalized spacial score (nSPS) is 17.5. The average Bonchev–Trinajstić information content (AvgIpc) is 3.46.